The zero-order valence-corrected chi connectivity index (χ0v) is 18.0. The number of nitrogens with zero attached hydrogens (tertiary/aromatic N) is 3. The number of benzene rings is 2. The Bertz CT molecular complexity index is 1160. The monoisotopic (exact) mass is 404 g/mol. The van der Waals surface area contributed by atoms with Gasteiger partial charge in [0.15, 0.2) is 5.65 Å². The van der Waals surface area contributed by atoms with Crippen LogP contribution in [0.15, 0.2) is 60.7 Å². The van der Waals surface area contributed by atoms with Gasteiger partial charge in [0, 0.05) is 28.6 Å². The molecule has 0 aliphatic rings. The number of anilines is 1. The molecular formula is C24H25ClN4. The third-order valence-corrected chi connectivity index (χ3v) is 5.32. The van der Waals surface area contributed by atoms with Gasteiger partial charge in [0.1, 0.15) is 5.82 Å². The van der Waals surface area contributed by atoms with Gasteiger partial charge in [-0.25, -0.2) is 4.98 Å². The van der Waals surface area contributed by atoms with Gasteiger partial charge in [-0.15, -0.1) is 0 Å². The lowest BCUT2D eigenvalue weighted by Gasteiger charge is -2.20. The van der Waals surface area contributed by atoms with Crippen molar-refractivity contribution in [3.63, 3.8) is 0 Å². The highest BCUT2D eigenvalue weighted by Crippen LogP contribution is 2.35. The summed E-state index contributed by atoms with van der Waals surface area (Å²) >= 11 is 6.52. The van der Waals surface area contributed by atoms with Crippen molar-refractivity contribution >= 4 is 23.1 Å². The fourth-order valence-electron chi connectivity index (χ4n) is 3.40. The van der Waals surface area contributed by atoms with Gasteiger partial charge in [-0.2, -0.15) is 9.61 Å². The predicted octanol–water partition coefficient (Wildman–Crippen LogP) is 6.27. The topological polar surface area (TPSA) is 42.2 Å². The highest BCUT2D eigenvalue weighted by molar-refractivity contribution is 6.33. The molecule has 29 heavy (non-hydrogen) atoms. The molecule has 0 radical (unpaired) electrons. The molecule has 2 heterocycles. The maximum atomic E-state index is 6.52. The quantitative estimate of drug-likeness (QED) is 0.436. The minimum atomic E-state index is -0.0964. The van der Waals surface area contributed by atoms with Crippen molar-refractivity contribution in [2.45, 2.75) is 39.7 Å². The number of hydrogen-bond acceptors (Lipinski definition) is 3. The van der Waals surface area contributed by atoms with E-state index in [2.05, 4.69) is 44.3 Å². The zero-order valence-electron chi connectivity index (χ0n) is 17.2. The molecule has 0 atom stereocenters. The Labute approximate surface area is 176 Å². The van der Waals surface area contributed by atoms with Crippen LogP contribution in [0, 0.1) is 6.92 Å². The lowest BCUT2D eigenvalue weighted by molar-refractivity contribution is 0.568. The van der Waals surface area contributed by atoms with Crippen LogP contribution < -0.4 is 5.32 Å². The fraction of sp³-hybridized carbons (Fsp3) is 0.250. The second-order valence-corrected chi connectivity index (χ2v) is 8.70. The molecule has 0 amide bonds. The minimum Gasteiger partial charge on any atom is -0.366 e. The molecule has 4 aromatic rings. The summed E-state index contributed by atoms with van der Waals surface area (Å²) in [6.07, 6.45) is 0. The van der Waals surface area contributed by atoms with Crippen LogP contribution >= 0.6 is 11.6 Å². The van der Waals surface area contributed by atoms with Crippen molar-refractivity contribution in [3.8, 4) is 11.1 Å². The Morgan fingerprint density at radius 2 is 1.69 bits per heavy atom. The molecule has 0 spiro atoms. The molecule has 0 aliphatic carbocycles. The number of halogens is 1. The van der Waals surface area contributed by atoms with E-state index in [-0.39, 0.29) is 5.41 Å². The van der Waals surface area contributed by atoms with E-state index in [1.165, 1.54) is 5.56 Å². The summed E-state index contributed by atoms with van der Waals surface area (Å²) in [5, 5.41) is 9.05. The molecule has 2 aromatic carbocycles. The van der Waals surface area contributed by atoms with Crippen molar-refractivity contribution < 1.29 is 0 Å². The van der Waals surface area contributed by atoms with Crippen LogP contribution in [0.25, 0.3) is 16.8 Å². The first-order valence-electron chi connectivity index (χ1n) is 9.78. The zero-order chi connectivity index (χ0) is 20.6. The predicted molar refractivity (Wildman–Crippen MR) is 121 cm³/mol. The van der Waals surface area contributed by atoms with E-state index < -0.39 is 0 Å². The standard InChI is InChI=1S/C24H25ClN4/c1-16-22(18-12-8-9-13-19(18)25)23-27-20(24(2,3)4)14-21(29(23)28-16)26-15-17-10-6-5-7-11-17/h5-14,26H,15H2,1-4H3. The second-order valence-electron chi connectivity index (χ2n) is 8.29. The Morgan fingerprint density at radius 3 is 2.38 bits per heavy atom. The molecule has 1 N–H and O–H groups in total. The highest BCUT2D eigenvalue weighted by Gasteiger charge is 2.23. The van der Waals surface area contributed by atoms with Crippen LogP contribution in [-0.2, 0) is 12.0 Å². The van der Waals surface area contributed by atoms with E-state index in [0.717, 1.165) is 34.0 Å². The molecule has 0 unspecified atom stereocenters. The fourth-order valence-corrected chi connectivity index (χ4v) is 3.63. The smallest absolute Gasteiger partial charge is 0.165 e. The SMILES string of the molecule is Cc1nn2c(NCc3ccccc3)cc(C(C)(C)C)nc2c1-c1ccccc1Cl. The average Bonchev–Trinajstić information content (AvgIpc) is 3.02. The number of fused-ring (bicyclic) bond motifs is 1. The largest absolute Gasteiger partial charge is 0.366 e. The lowest BCUT2D eigenvalue weighted by atomic mass is 9.92. The molecule has 0 fully saturated rings. The van der Waals surface area contributed by atoms with E-state index in [0.29, 0.717) is 11.6 Å². The molecule has 148 valence electrons. The Balaban J connectivity index is 1.89. The van der Waals surface area contributed by atoms with E-state index in [4.69, 9.17) is 21.7 Å². The lowest BCUT2D eigenvalue weighted by Crippen LogP contribution is -2.16. The number of hydrogen-bond donors (Lipinski definition) is 1. The molecule has 4 nitrogen and oxygen atoms in total. The van der Waals surface area contributed by atoms with Gasteiger partial charge >= 0.3 is 0 Å². The number of nitrogens with one attached hydrogen (secondary N) is 1. The summed E-state index contributed by atoms with van der Waals surface area (Å²) in [6.45, 7) is 9.23. The van der Waals surface area contributed by atoms with Gasteiger partial charge < -0.3 is 5.32 Å². The first kappa shape index (κ1) is 19.5. The number of rotatable bonds is 4. The van der Waals surface area contributed by atoms with Gasteiger partial charge in [0.05, 0.1) is 17.0 Å². The normalized spacial score (nSPS) is 11.8. The maximum absolute atomic E-state index is 6.52. The van der Waals surface area contributed by atoms with Crippen molar-refractivity contribution in [2.75, 3.05) is 5.32 Å². The average molecular weight is 405 g/mol. The first-order chi connectivity index (χ1) is 13.8. The Kier molecular flexibility index (Phi) is 5.05. The van der Waals surface area contributed by atoms with Gasteiger partial charge in [-0.3, -0.25) is 0 Å². The Hall–Kier alpha value is -2.85. The molecule has 2 aromatic heterocycles. The third-order valence-electron chi connectivity index (χ3n) is 4.99. The van der Waals surface area contributed by atoms with Crippen LogP contribution in [0.5, 0.6) is 0 Å². The van der Waals surface area contributed by atoms with Crippen molar-refractivity contribution in [3.05, 3.63) is 82.6 Å². The first-order valence-corrected chi connectivity index (χ1v) is 10.2. The van der Waals surface area contributed by atoms with Crippen molar-refractivity contribution in [1.29, 1.82) is 0 Å². The highest BCUT2D eigenvalue weighted by atomic mass is 35.5. The van der Waals surface area contributed by atoms with Crippen LogP contribution in [0.2, 0.25) is 5.02 Å². The summed E-state index contributed by atoms with van der Waals surface area (Å²) in [4.78, 5) is 5.00. The summed E-state index contributed by atoms with van der Waals surface area (Å²) < 4.78 is 1.90. The molecule has 5 heteroatoms. The number of aromatic nitrogens is 3. The van der Waals surface area contributed by atoms with Crippen molar-refractivity contribution in [2.24, 2.45) is 0 Å². The van der Waals surface area contributed by atoms with Crippen molar-refractivity contribution in [1.82, 2.24) is 14.6 Å². The maximum Gasteiger partial charge on any atom is 0.165 e. The van der Waals surface area contributed by atoms with Crippen LogP contribution in [0.3, 0.4) is 0 Å². The molecule has 0 saturated heterocycles. The molecule has 0 bridgehead atoms. The van der Waals surface area contributed by atoms with Gasteiger partial charge in [-0.05, 0) is 18.6 Å². The van der Waals surface area contributed by atoms with E-state index in [1.54, 1.807) is 0 Å². The van der Waals surface area contributed by atoms with Crippen LogP contribution in [0.1, 0.15) is 37.7 Å². The van der Waals surface area contributed by atoms with E-state index in [9.17, 15) is 0 Å². The Morgan fingerprint density at radius 1 is 1.00 bits per heavy atom. The number of aryl methyl sites for hydroxylation is 1. The summed E-state index contributed by atoms with van der Waals surface area (Å²) in [6, 6.07) is 20.3. The summed E-state index contributed by atoms with van der Waals surface area (Å²) in [5.41, 5.74) is 5.77. The second kappa shape index (κ2) is 7.53. The summed E-state index contributed by atoms with van der Waals surface area (Å²) in [5.74, 6) is 0.921. The molecule has 0 aliphatic heterocycles. The minimum absolute atomic E-state index is 0.0964. The molecular weight excluding hydrogens is 380 g/mol. The van der Waals surface area contributed by atoms with Gasteiger partial charge in [0.2, 0.25) is 0 Å². The van der Waals surface area contributed by atoms with E-state index in [1.807, 2.05) is 53.9 Å². The third kappa shape index (κ3) is 3.85. The van der Waals surface area contributed by atoms with Gasteiger partial charge in [-0.1, -0.05) is 80.9 Å². The van der Waals surface area contributed by atoms with Crippen LogP contribution in [0.4, 0.5) is 5.82 Å². The van der Waals surface area contributed by atoms with E-state index >= 15 is 0 Å². The molecule has 0 saturated carbocycles. The van der Waals surface area contributed by atoms with Gasteiger partial charge in [0.25, 0.3) is 0 Å². The summed E-state index contributed by atoms with van der Waals surface area (Å²) in [7, 11) is 0. The van der Waals surface area contributed by atoms with Crippen LogP contribution in [-0.4, -0.2) is 14.6 Å². The molecule has 4 rings (SSSR count).